The number of ether oxygens (including phenoxy) is 1. The molecule has 0 bridgehead atoms. The fourth-order valence-electron chi connectivity index (χ4n) is 2.14. The summed E-state index contributed by atoms with van der Waals surface area (Å²) in [5.41, 5.74) is 0.679. The maximum atomic E-state index is 12.4. The molecule has 0 spiro atoms. The van der Waals surface area contributed by atoms with Crippen LogP contribution in [0.4, 0.5) is 0 Å². The van der Waals surface area contributed by atoms with E-state index in [0.717, 1.165) is 4.70 Å². The number of carbonyl (C=O) groups excluding carboxylic acids is 2. The van der Waals surface area contributed by atoms with Gasteiger partial charge in [0.25, 0.3) is 5.91 Å². The average molecular weight is 365 g/mol. The molecule has 24 heavy (non-hydrogen) atoms. The zero-order chi connectivity index (χ0) is 17.1. The number of aromatic nitrogens is 3. The van der Waals surface area contributed by atoms with E-state index < -0.39 is 17.9 Å². The van der Waals surface area contributed by atoms with Crippen LogP contribution in [0.3, 0.4) is 0 Å². The fourth-order valence-corrected chi connectivity index (χ4v) is 3.29. The first-order valence-corrected chi connectivity index (χ1v) is 8.17. The van der Waals surface area contributed by atoms with E-state index in [1.54, 1.807) is 41.5 Å². The third kappa shape index (κ3) is 3.55. The van der Waals surface area contributed by atoms with E-state index in [1.165, 1.54) is 18.4 Å². The van der Waals surface area contributed by atoms with Crippen LogP contribution in [0.15, 0.2) is 36.9 Å². The molecule has 0 aliphatic rings. The summed E-state index contributed by atoms with van der Waals surface area (Å²) in [5, 5.41) is 3.48. The number of benzene rings is 1. The predicted octanol–water partition coefficient (Wildman–Crippen LogP) is 2.12. The van der Waals surface area contributed by atoms with Gasteiger partial charge in [-0.3, -0.25) is 4.79 Å². The zero-order valence-corrected chi connectivity index (χ0v) is 14.2. The molecule has 2 heterocycles. The predicted molar refractivity (Wildman–Crippen MR) is 90.1 cm³/mol. The molecule has 2 aromatic heterocycles. The van der Waals surface area contributed by atoms with Crippen molar-refractivity contribution in [2.24, 2.45) is 0 Å². The van der Waals surface area contributed by atoms with Crippen molar-refractivity contribution in [3.63, 3.8) is 0 Å². The smallest absolute Gasteiger partial charge is 0.330 e. The Kier molecular flexibility index (Phi) is 4.77. The average Bonchev–Trinajstić information content (AvgIpc) is 3.22. The molecule has 1 N–H and O–H groups in total. The lowest BCUT2D eigenvalue weighted by Crippen LogP contribution is -2.44. The number of fused-ring (bicyclic) bond motifs is 1. The van der Waals surface area contributed by atoms with E-state index >= 15 is 0 Å². The first kappa shape index (κ1) is 16.4. The highest BCUT2D eigenvalue weighted by Crippen LogP contribution is 2.25. The molecular weight excluding hydrogens is 352 g/mol. The second-order valence-electron chi connectivity index (χ2n) is 4.94. The van der Waals surface area contributed by atoms with Crippen LogP contribution in [0.2, 0.25) is 5.02 Å². The van der Waals surface area contributed by atoms with E-state index in [1.807, 2.05) is 0 Å². The highest BCUT2D eigenvalue weighted by atomic mass is 35.5. The zero-order valence-electron chi connectivity index (χ0n) is 12.6. The molecule has 7 nitrogen and oxygen atoms in total. The molecule has 0 fully saturated rings. The summed E-state index contributed by atoms with van der Waals surface area (Å²) in [6.45, 7) is 0.217. The number of thiazole rings is 1. The van der Waals surface area contributed by atoms with Crippen LogP contribution in [-0.2, 0) is 16.1 Å². The van der Waals surface area contributed by atoms with Crippen molar-refractivity contribution in [3.05, 3.63) is 47.0 Å². The molecule has 3 aromatic rings. The SMILES string of the molecule is COC(=O)[C@H](Cn1ccnc1)NC(=O)c1nc2ccc(Cl)cc2s1. The third-order valence-corrected chi connectivity index (χ3v) is 4.54. The molecule has 0 unspecified atom stereocenters. The third-order valence-electron chi connectivity index (χ3n) is 3.29. The lowest BCUT2D eigenvalue weighted by Gasteiger charge is -2.16. The Hall–Kier alpha value is -2.45. The van der Waals surface area contributed by atoms with Crippen molar-refractivity contribution in [1.29, 1.82) is 0 Å². The monoisotopic (exact) mass is 364 g/mol. The number of hydrogen-bond acceptors (Lipinski definition) is 6. The van der Waals surface area contributed by atoms with Crippen LogP contribution in [0.5, 0.6) is 0 Å². The van der Waals surface area contributed by atoms with Gasteiger partial charge in [0, 0.05) is 17.4 Å². The van der Waals surface area contributed by atoms with Crippen molar-refractivity contribution < 1.29 is 14.3 Å². The summed E-state index contributed by atoms with van der Waals surface area (Å²) in [6, 6.07) is 4.36. The number of carbonyl (C=O) groups is 2. The molecule has 124 valence electrons. The summed E-state index contributed by atoms with van der Waals surface area (Å²) in [5.74, 6) is -0.982. The van der Waals surface area contributed by atoms with E-state index in [2.05, 4.69) is 15.3 Å². The highest BCUT2D eigenvalue weighted by Gasteiger charge is 2.24. The number of nitrogens with zero attached hydrogens (tertiary/aromatic N) is 3. The first-order chi connectivity index (χ1) is 11.6. The number of esters is 1. The maximum Gasteiger partial charge on any atom is 0.330 e. The standard InChI is InChI=1S/C15H13ClN4O3S/c1-23-15(22)11(7-20-5-4-17-8-20)18-13(21)14-19-10-3-2-9(16)6-12(10)24-14/h2-6,8,11H,7H2,1H3,(H,18,21)/t11-/m0/s1. The Morgan fingerprint density at radius 1 is 1.46 bits per heavy atom. The Morgan fingerprint density at radius 3 is 3.00 bits per heavy atom. The van der Waals surface area contributed by atoms with Gasteiger partial charge in [0.15, 0.2) is 5.01 Å². The van der Waals surface area contributed by atoms with Crippen LogP contribution in [0, 0.1) is 0 Å². The van der Waals surface area contributed by atoms with Gasteiger partial charge in [0.2, 0.25) is 0 Å². The van der Waals surface area contributed by atoms with Gasteiger partial charge in [-0.15, -0.1) is 11.3 Å². The second kappa shape index (κ2) is 6.98. The number of hydrogen-bond donors (Lipinski definition) is 1. The summed E-state index contributed by atoms with van der Waals surface area (Å²) >= 11 is 7.15. The number of amides is 1. The van der Waals surface area contributed by atoms with Crippen LogP contribution in [0.1, 0.15) is 9.80 Å². The van der Waals surface area contributed by atoms with Crippen molar-refractivity contribution in [1.82, 2.24) is 19.9 Å². The minimum atomic E-state index is -0.840. The van der Waals surface area contributed by atoms with Gasteiger partial charge in [-0.05, 0) is 18.2 Å². The van der Waals surface area contributed by atoms with Gasteiger partial charge in [-0.25, -0.2) is 14.8 Å². The number of nitrogens with one attached hydrogen (secondary N) is 1. The van der Waals surface area contributed by atoms with E-state index in [0.29, 0.717) is 10.5 Å². The number of methoxy groups -OCH3 is 1. The maximum absolute atomic E-state index is 12.4. The molecule has 9 heteroatoms. The van der Waals surface area contributed by atoms with E-state index in [9.17, 15) is 9.59 Å². The molecule has 0 saturated carbocycles. The molecule has 0 radical (unpaired) electrons. The number of halogens is 1. The van der Waals surface area contributed by atoms with Crippen molar-refractivity contribution in [2.45, 2.75) is 12.6 Å². The summed E-state index contributed by atoms with van der Waals surface area (Å²) in [4.78, 5) is 32.5. The van der Waals surface area contributed by atoms with Crippen molar-refractivity contribution in [2.75, 3.05) is 7.11 Å². The topological polar surface area (TPSA) is 86.1 Å². The summed E-state index contributed by atoms with van der Waals surface area (Å²) in [7, 11) is 1.27. The van der Waals surface area contributed by atoms with Crippen LogP contribution in [-0.4, -0.2) is 39.6 Å². The molecule has 0 saturated heterocycles. The molecule has 1 amide bonds. The van der Waals surface area contributed by atoms with Crippen molar-refractivity contribution >= 4 is 45.0 Å². The van der Waals surface area contributed by atoms with Gasteiger partial charge in [0.1, 0.15) is 6.04 Å². The van der Waals surface area contributed by atoms with Crippen LogP contribution in [0.25, 0.3) is 10.2 Å². The minimum Gasteiger partial charge on any atom is -0.467 e. The number of imidazole rings is 1. The van der Waals surface area contributed by atoms with E-state index in [4.69, 9.17) is 16.3 Å². The van der Waals surface area contributed by atoms with E-state index in [-0.39, 0.29) is 11.6 Å². The first-order valence-electron chi connectivity index (χ1n) is 6.97. The van der Waals surface area contributed by atoms with Crippen LogP contribution >= 0.6 is 22.9 Å². The quantitative estimate of drug-likeness (QED) is 0.701. The lowest BCUT2D eigenvalue weighted by atomic mass is 10.3. The molecule has 0 aliphatic carbocycles. The Labute approximate surface area is 146 Å². The van der Waals surface area contributed by atoms with Gasteiger partial charge in [-0.2, -0.15) is 0 Å². The number of rotatable bonds is 5. The van der Waals surface area contributed by atoms with Gasteiger partial charge in [0.05, 0.1) is 30.2 Å². The van der Waals surface area contributed by atoms with Gasteiger partial charge < -0.3 is 14.6 Å². The lowest BCUT2D eigenvalue weighted by molar-refractivity contribution is -0.143. The molecule has 0 aliphatic heterocycles. The summed E-state index contributed by atoms with van der Waals surface area (Å²) < 4.78 is 7.23. The largest absolute Gasteiger partial charge is 0.467 e. The molecule has 3 rings (SSSR count). The molecule has 1 atom stereocenters. The Bertz CT molecular complexity index is 878. The second-order valence-corrected chi connectivity index (χ2v) is 6.41. The Morgan fingerprint density at radius 2 is 2.29 bits per heavy atom. The Balaban J connectivity index is 1.79. The minimum absolute atomic E-state index is 0.217. The fraction of sp³-hybridized carbons (Fsp3) is 0.200. The highest BCUT2D eigenvalue weighted by molar-refractivity contribution is 7.20. The van der Waals surface area contributed by atoms with Gasteiger partial charge >= 0.3 is 5.97 Å². The van der Waals surface area contributed by atoms with Gasteiger partial charge in [-0.1, -0.05) is 11.6 Å². The van der Waals surface area contributed by atoms with Crippen molar-refractivity contribution in [3.8, 4) is 0 Å². The van der Waals surface area contributed by atoms with Crippen LogP contribution < -0.4 is 5.32 Å². The molecular formula is C15H13ClN4O3S. The molecule has 1 aromatic carbocycles. The normalized spacial score (nSPS) is 12.1. The summed E-state index contributed by atoms with van der Waals surface area (Å²) in [6.07, 6.45) is 4.84.